The maximum atomic E-state index is 12.1. The first kappa shape index (κ1) is 18.7. The minimum absolute atomic E-state index is 0.0123. The van der Waals surface area contributed by atoms with Gasteiger partial charge in [-0.05, 0) is 36.4 Å². The number of nitrogens with zero attached hydrogens (tertiary/aromatic N) is 1. The van der Waals surface area contributed by atoms with Crippen molar-refractivity contribution in [1.82, 2.24) is 4.98 Å². The van der Waals surface area contributed by atoms with Gasteiger partial charge in [-0.1, -0.05) is 23.9 Å². The summed E-state index contributed by atoms with van der Waals surface area (Å²) in [5, 5.41) is 2.98. The Morgan fingerprint density at radius 1 is 1.11 bits per heavy atom. The smallest absolute Gasteiger partial charge is 0.316 e. The maximum Gasteiger partial charge on any atom is 0.316 e. The summed E-state index contributed by atoms with van der Waals surface area (Å²) in [5.74, 6) is -1.07. The molecule has 8 heteroatoms. The van der Waals surface area contributed by atoms with Gasteiger partial charge in [0.05, 0.1) is 0 Å². The molecule has 0 unspecified atom stereocenters. The van der Waals surface area contributed by atoms with Crippen LogP contribution in [0.15, 0.2) is 58.2 Å². The van der Waals surface area contributed by atoms with Crippen LogP contribution in [0.3, 0.4) is 0 Å². The van der Waals surface area contributed by atoms with Crippen molar-refractivity contribution in [1.29, 1.82) is 0 Å². The summed E-state index contributed by atoms with van der Waals surface area (Å²) in [4.78, 5) is 39.1. The highest BCUT2D eigenvalue weighted by molar-refractivity contribution is 7.99. The van der Waals surface area contributed by atoms with Crippen LogP contribution in [-0.4, -0.2) is 35.0 Å². The van der Waals surface area contributed by atoms with Crippen LogP contribution < -0.4 is 5.32 Å². The van der Waals surface area contributed by atoms with Crippen molar-refractivity contribution in [3.63, 3.8) is 0 Å². The standard InChI is InChI=1S/C19H16N2O5S/c1-12(22)20-14-8-6-13(7-9-14)16(23)10-25-18(24)11-27-19-21-15-4-2-3-5-17(15)26-19/h2-9H,10-11H2,1H3,(H,20,22). The maximum absolute atomic E-state index is 12.1. The number of aromatic nitrogens is 1. The summed E-state index contributed by atoms with van der Waals surface area (Å²) in [5.41, 5.74) is 2.34. The molecule has 0 bridgehead atoms. The molecule has 0 fully saturated rings. The molecule has 1 aromatic heterocycles. The fraction of sp³-hybridized carbons (Fsp3) is 0.158. The number of Topliss-reactive ketones (excluding diaryl/α,β-unsaturated/α-hetero) is 1. The third-order valence-corrected chi connectivity index (χ3v) is 4.28. The SMILES string of the molecule is CC(=O)Nc1ccc(C(=O)COC(=O)CSc2nc3ccccc3o2)cc1. The quantitative estimate of drug-likeness (QED) is 0.379. The number of benzene rings is 2. The fourth-order valence-electron chi connectivity index (χ4n) is 2.25. The van der Waals surface area contributed by atoms with Gasteiger partial charge in [0, 0.05) is 18.2 Å². The first-order valence-electron chi connectivity index (χ1n) is 8.06. The lowest BCUT2D eigenvalue weighted by molar-refractivity contribution is -0.139. The van der Waals surface area contributed by atoms with E-state index in [0.29, 0.717) is 27.6 Å². The van der Waals surface area contributed by atoms with E-state index < -0.39 is 5.97 Å². The second-order valence-corrected chi connectivity index (χ2v) is 6.51. The van der Waals surface area contributed by atoms with Crippen LogP contribution in [0.25, 0.3) is 11.1 Å². The van der Waals surface area contributed by atoms with Crippen LogP contribution in [0.4, 0.5) is 5.69 Å². The molecule has 3 rings (SSSR count). The monoisotopic (exact) mass is 384 g/mol. The Balaban J connectivity index is 1.46. The van der Waals surface area contributed by atoms with Crippen LogP contribution in [0.5, 0.6) is 0 Å². The van der Waals surface area contributed by atoms with E-state index in [2.05, 4.69) is 10.3 Å². The van der Waals surface area contributed by atoms with E-state index in [1.807, 2.05) is 18.2 Å². The summed E-state index contributed by atoms with van der Waals surface area (Å²) in [6.07, 6.45) is 0. The topological polar surface area (TPSA) is 98.5 Å². The summed E-state index contributed by atoms with van der Waals surface area (Å²) in [7, 11) is 0. The average molecular weight is 384 g/mol. The van der Waals surface area contributed by atoms with Crippen molar-refractivity contribution >= 4 is 46.2 Å². The lowest BCUT2D eigenvalue weighted by Crippen LogP contribution is -2.15. The predicted molar refractivity (Wildman–Crippen MR) is 101 cm³/mol. The molecule has 138 valence electrons. The molecular formula is C19H16N2O5S. The van der Waals surface area contributed by atoms with Crippen LogP contribution in [0.2, 0.25) is 0 Å². The molecule has 3 aromatic rings. The zero-order chi connectivity index (χ0) is 19.2. The normalized spacial score (nSPS) is 10.6. The zero-order valence-electron chi connectivity index (χ0n) is 14.4. The fourth-order valence-corrected chi connectivity index (χ4v) is 2.88. The Hall–Kier alpha value is -3.13. The summed E-state index contributed by atoms with van der Waals surface area (Å²) in [6, 6.07) is 13.6. The largest absolute Gasteiger partial charge is 0.457 e. The summed E-state index contributed by atoms with van der Waals surface area (Å²) >= 11 is 1.11. The number of rotatable bonds is 7. The highest BCUT2D eigenvalue weighted by Crippen LogP contribution is 2.23. The van der Waals surface area contributed by atoms with Crippen molar-refractivity contribution in [2.75, 3.05) is 17.7 Å². The lowest BCUT2D eigenvalue weighted by atomic mass is 10.1. The second-order valence-electron chi connectivity index (χ2n) is 5.58. The van der Waals surface area contributed by atoms with Crippen molar-refractivity contribution in [2.45, 2.75) is 12.1 Å². The van der Waals surface area contributed by atoms with Crippen LogP contribution in [-0.2, 0) is 14.3 Å². The van der Waals surface area contributed by atoms with E-state index in [-0.39, 0.29) is 24.1 Å². The molecule has 0 saturated heterocycles. The van der Waals surface area contributed by atoms with Crippen LogP contribution >= 0.6 is 11.8 Å². The molecule has 7 nitrogen and oxygen atoms in total. The van der Waals surface area contributed by atoms with Gasteiger partial charge in [0.2, 0.25) is 5.91 Å². The Morgan fingerprint density at radius 2 is 1.85 bits per heavy atom. The Morgan fingerprint density at radius 3 is 2.56 bits per heavy atom. The number of oxazole rings is 1. The lowest BCUT2D eigenvalue weighted by Gasteiger charge is -2.05. The van der Waals surface area contributed by atoms with Gasteiger partial charge < -0.3 is 14.5 Å². The number of hydrogen-bond acceptors (Lipinski definition) is 7. The number of thioether (sulfide) groups is 1. The van der Waals surface area contributed by atoms with Crippen molar-refractivity contribution in [2.24, 2.45) is 0 Å². The van der Waals surface area contributed by atoms with Crippen molar-refractivity contribution < 1.29 is 23.5 Å². The third-order valence-electron chi connectivity index (χ3n) is 3.48. The van der Waals surface area contributed by atoms with Gasteiger partial charge in [0.15, 0.2) is 18.0 Å². The number of ether oxygens (including phenoxy) is 1. The number of carbonyl (C=O) groups excluding carboxylic acids is 3. The van der Waals surface area contributed by atoms with E-state index in [1.165, 1.54) is 6.92 Å². The first-order chi connectivity index (χ1) is 13.0. The molecule has 0 radical (unpaired) electrons. The molecule has 0 atom stereocenters. The number of anilines is 1. The molecule has 0 aliphatic heterocycles. The molecule has 0 spiro atoms. The molecular weight excluding hydrogens is 368 g/mol. The van der Waals surface area contributed by atoms with Crippen LogP contribution in [0.1, 0.15) is 17.3 Å². The predicted octanol–water partition coefficient (Wildman–Crippen LogP) is 3.30. The van der Waals surface area contributed by atoms with Crippen molar-refractivity contribution in [3.05, 3.63) is 54.1 Å². The summed E-state index contributed by atoms with van der Waals surface area (Å²) in [6.45, 7) is 1.05. The number of ketones is 1. The van der Waals surface area contributed by atoms with E-state index in [4.69, 9.17) is 9.15 Å². The number of para-hydroxylation sites is 2. The Kier molecular flexibility index (Phi) is 5.87. The molecule has 0 aliphatic rings. The van der Waals surface area contributed by atoms with E-state index >= 15 is 0 Å². The molecule has 1 heterocycles. The number of fused-ring (bicyclic) bond motifs is 1. The molecule has 1 amide bonds. The van der Waals surface area contributed by atoms with Gasteiger partial charge in [0.1, 0.15) is 11.3 Å². The van der Waals surface area contributed by atoms with Gasteiger partial charge in [-0.15, -0.1) is 0 Å². The number of hydrogen-bond donors (Lipinski definition) is 1. The highest BCUT2D eigenvalue weighted by Gasteiger charge is 2.13. The van der Waals surface area contributed by atoms with E-state index in [0.717, 1.165) is 11.8 Å². The van der Waals surface area contributed by atoms with Gasteiger partial charge in [-0.25, -0.2) is 4.98 Å². The van der Waals surface area contributed by atoms with Crippen molar-refractivity contribution in [3.8, 4) is 0 Å². The number of amides is 1. The zero-order valence-corrected chi connectivity index (χ0v) is 15.2. The Labute approximate surface area is 159 Å². The van der Waals surface area contributed by atoms with Gasteiger partial charge in [-0.2, -0.15) is 0 Å². The minimum Gasteiger partial charge on any atom is -0.457 e. The highest BCUT2D eigenvalue weighted by atomic mass is 32.2. The van der Waals surface area contributed by atoms with Gasteiger partial charge >= 0.3 is 5.97 Å². The molecule has 0 aliphatic carbocycles. The number of nitrogens with one attached hydrogen (secondary N) is 1. The Bertz CT molecular complexity index is 948. The average Bonchev–Trinajstić information content (AvgIpc) is 3.07. The number of carbonyl (C=O) groups is 3. The second kappa shape index (κ2) is 8.50. The van der Waals surface area contributed by atoms with Gasteiger partial charge in [-0.3, -0.25) is 14.4 Å². The third kappa shape index (κ3) is 5.18. The first-order valence-corrected chi connectivity index (χ1v) is 9.04. The summed E-state index contributed by atoms with van der Waals surface area (Å²) < 4.78 is 10.5. The van der Waals surface area contributed by atoms with E-state index in [1.54, 1.807) is 30.3 Å². The molecule has 1 N–H and O–H groups in total. The van der Waals surface area contributed by atoms with Gasteiger partial charge in [0.25, 0.3) is 5.22 Å². The van der Waals surface area contributed by atoms with Crippen LogP contribution in [0, 0.1) is 0 Å². The molecule has 27 heavy (non-hydrogen) atoms. The molecule has 2 aromatic carbocycles. The minimum atomic E-state index is -0.537. The number of esters is 1. The van der Waals surface area contributed by atoms with E-state index in [9.17, 15) is 14.4 Å². The molecule has 0 saturated carbocycles.